The molecule has 5 N–H and O–H groups in total. The lowest BCUT2D eigenvalue weighted by Crippen LogP contribution is -2.47. The number of para-hydroxylation sites is 6. The molecule has 24 nitrogen and oxygen atoms in total. The van der Waals surface area contributed by atoms with Crippen molar-refractivity contribution in [3.63, 3.8) is 0 Å². The number of carbonyl (C=O) groups is 5. The molecule has 0 radical (unpaired) electrons. The van der Waals surface area contributed by atoms with Gasteiger partial charge in [0.1, 0.15) is 26.2 Å². The highest BCUT2D eigenvalue weighted by molar-refractivity contribution is 6.76. The molecule has 0 aliphatic carbocycles. The Morgan fingerprint density at radius 3 is 1.44 bits per heavy atom. The number of nitrogens with zero attached hydrogens (tertiary/aromatic N) is 11. The number of aromatic nitrogens is 12. The number of aryl methyl sites for hydroxylation is 3. The molecular weight excluding hydrogens is 1270 g/mol. The Bertz CT molecular complexity index is 4190. The van der Waals surface area contributed by atoms with Crippen LogP contribution in [0.2, 0.25) is 82.3 Å². The van der Waals surface area contributed by atoms with Crippen molar-refractivity contribution in [3.05, 3.63) is 166 Å². The number of ether oxygens (including phenoxy) is 4. The molecule has 0 fully saturated rings. The van der Waals surface area contributed by atoms with Crippen LogP contribution in [0.4, 0.5) is 0 Å². The van der Waals surface area contributed by atoms with Crippen molar-refractivity contribution in [1.29, 1.82) is 0 Å². The number of primary amides is 1. The highest BCUT2D eigenvalue weighted by atomic mass is 35.5. The Hall–Kier alpha value is -8.71. The zero-order valence-electron chi connectivity index (χ0n) is 55.9. The van der Waals surface area contributed by atoms with Crippen LogP contribution in [0, 0.1) is 20.8 Å². The van der Waals surface area contributed by atoms with Gasteiger partial charge in [-0.15, -0.1) is 0 Å². The van der Waals surface area contributed by atoms with Crippen LogP contribution in [0.5, 0.6) is 0 Å². The first-order chi connectivity index (χ1) is 44.5. The summed E-state index contributed by atoms with van der Waals surface area (Å²) in [5.41, 5.74) is 14.0. The second-order valence-corrected chi connectivity index (χ2v) is 43.3. The Morgan fingerprint density at radius 2 is 1.01 bits per heavy atom. The van der Waals surface area contributed by atoms with E-state index in [4.69, 9.17) is 41.3 Å². The number of aromatic carboxylic acids is 1. The van der Waals surface area contributed by atoms with E-state index in [1.165, 1.54) is 6.07 Å². The average Bonchev–Trinajstić information content (AvgIpc) is 1.64. The standard InChI is InChI=1S/C28H34N6O4Si.C18H24N4O3Si.C13H19ClN2OSi.C7H10N2O2/c1-19-16-23(27(37)30-22(25(35)26(29)36)17-20-10-6-5-7-11-20)32-34(19)28-31-21-12-8-9-13-24(21)33(28)18-38-14-15-39(2,3)4;1-13-11-15(17(23)24)20-22(13)18-19-14-7-5-6-8-16(14)21(18)12-25-9-10-26(2,3)4;1-18(2,3)9-8-17-10-16-12-7-5-4-6-11(12)15-13(16)14;1-3-11-7(10)6-4-5(2)8-9-6/h5-13,16,22H,14-15,17-18H2,1-4H3,(H2,29,36)(H,30,37);5-8,11H,9-10,12H2,1-4H3,(H,23,24);4-7H,8-10H2,1-3H3;4H,3H2,1-2H3,(H,8,9)/t22-;;;/m0.../s1. The van der Waals surface area contributed by atoms with Gasteiger partial charge >= 0.3 is 11.9 Å². The molecule has 6 heterocycles. The molecule has 0 aliphatic heterocycles. The maximum absolute atomic E-state index is 13.2. The smallest absolute Gasteiger partial charge is 0.358 e. The summed E-state index contributed by atoms with van der Waals surface area (Å²) in [7, 11) is -3.44. The number of nitrogens with two attached hydrogens (primary N) is 1. The Kier molecular flexibility index (Phi) is 25.5. The normalized spacial score (nSPS) is 11.9. The van der Waals surface area contributed by atoms with Crippen LogP contribution in [0.15, 0.2) is 121 Å². The van der Waals surface area contributed by atoms with Crippen LogP contribution in [0.3, 0.4) is 0 Å². The quantitative estimate of drug-likeness (QED) is 0.0169. The molecule has 10 aromatic rings. The number of Topliss-reactive ketones (excluding diaryl/α,β-unsaturated/α-hetero) is 1. The highest BCUT2D eigenvalue weighted by Gasteiger charge is 2.28. The minimum absolute atomic E-state index is 0.000701. The summed E-state index contributed by atoms with van der Waals surface area (Å²) in [5.74, 6) is -2.94. The van der Waals surface area contributed by atoms with Crippen LogP contribution in [-0.4, -0.2) is 150 Å². The summed E-state index contributed by atoms with van der Waals surface area (Å²) in [6.45, 7) is 31.7. The van der Waals surface area contributed by atoms with Crippen molar-refractivity contribution < 1.29 is 48.0 Å². The van der Waals surface area contributed by atoms with Crippen LogP contribution >= 0.6 is 11.6 Å². The van der Waals surface area contributed by atoms with Gasteiger partial charge in [-0.2, -0.15) is 15.3 Å². The molecule has 0 aliphatic rings. The number of rotatable bonds is 26. The van der Waals surface area contributed by atoms with Crippen LogP contribution < -0.4 is 11.1 Å². The van der Waals surface area contributed by atoms with E-state index in [-0.39, 0.29) is 30.5 Å². The third-order valence-corrected chi connectivity index (χ3v) is 19.9. The minimum atomic E-state index is -1.25. The van der Waals surface area contributed by atoms with E-state index in [9.17, 15) is 29.1 Å². The molecule has 0 saturated heterocycles. The van der Waals surface area contributed by atoms with E-state index < -0.39 is 53.8 Å². The maximum Gasteiger partial charge on any atom is 0.358 e. The monoisotopic (exact) mass is 1350 g/mol. The number of esters is 1. The van der Waals surface area contributed by atoms with Gasteiger partial charge in [0, 0.05) is 67.5 Å². The number of carbonyl (C=O) groups excluding carboxylic acids is 4. The summed E-state index contributed by atoms with van der Waals surface area (Å²) >= 11 is 6.12. The zero-order valence-corrected chi connectivity index (χ0v) is 59.7. The fourth-order valence-corrected chi connectivity index (χ4v) is 11.7. The van der Waals surface area contributed by atoms with Gasteiger partial charge in [0.05, 0.1) is 39.7 Å². The van der Waals surface area contributed by atoms with Gasteiger partial charge < -0.3 is 35.1 Å². The Labute approximate surface area is 555 Å². The van der Waals surface area contributed by atoms with Gasteiger partial charge in [-0.1, -0.05) is 126 Å². The molecule has 0 bridgehead atoms. The van der Waals surface area contributed by atoms with E-state index in [2.05, 4.69) is 94.6 Å². The number of benzene rings is 4. The van der Waals surface area contributed by atoms with Crippen LogP contribution in [-0.2, 0) is 55.1 Å². The molecule has 28 heteroatoms. The van der Waals surface area contributed by atoms with Gasteiger partial charge in [0.25, 0.3) is 11.8 Å². The van der Waals surface area contributed by atoms with Crippen LogP contribution in [0.1, 0.15) is 61.0 Å². The van der Waals surface area contributed by atoms with Gasteiger partial charge in [-0.05, 0) is 118 Å². The number of imidazole rings is 3. The van der Waals surface area contributed by atoms with Gasteiger partial charge in [-0.3, -0.25) is 33.2 Å². The molecule has 2 amide bonds. The number of halogens is 1. The first-order valence-electron chi connectivity index (χ1n) is 31.0. The van der Waals surface area contributed by atoms with Gasteiger partial charge in [0.2, 0.25) is 23.0 Å². The first-order valence-corrected chi connectivity index (χ1v) is 42.5. The number of amides is 2. The molecule has 0 saturated carbocycles. The molecule has 0 unspecified atom stereocenters. The molecule has 1 atom stereocenters. The number of H-pyrrole nitrogens is 1. The summed E-state index contributed by atoms with van der Waals surface area (Å²) in [5, 5.41) is 27.4. The zero-order chi connectivity index (χ0) is 68.5. The lowest BCUT2D eigenvalue weighted by atomic mass is 10.0. The van der Waals surface area contributed by atoms with Crippen molar-refractivity contribution in [2.45, 2.75) is 137 Å². The highest BCUT2D eigenvalue weighted by Crippen LogP contribution is 2.25. The average molecular weight is 1360 g/mol. The number of nitrogens with one attached hydrogen (secondary N) is 2. The Morgan fingerprint density at radius 1 is 0.585 bits per heavy atom. The van der Waals surface area contributed by atoms with Crippen molar-refractivity contribution in [2.24, 2.45) is 5.73 Å². The summed E-state index contributed by atoms with van der Waals surface area (Å²) in [4.78, 5) is 73.2. The summed E-state index contributed by atoms with van der Waals surface area (Å²) in [6, 6.07) is 39.5. The lowest BCUT2D eigenvalue weighted by Gasteiger charge is -2.16. The van der Waals surface area contributed by atoms with E-state index >= 15 is 0 Å². The number of aromatic amines is 1. The van der Waals surface area contributed by atoms with Gasteiger partial charge in [-0.25, -0.2) is 33.9 Å². The summed E-state index contributed by atoms with van der Waals surface area (Å²) in [6.07, 6.45) is 0.124. The number of fused-ring (bicyclic) bond motifs is 3. The molecule has 6 aromatic heterocycles. The third kappa shape index (κ3) is 20.9. The van der Waals surface area contributed by atoms with Crippen molar-refractivity contribution in [1.82, 2.24) is 63.7 Å². The Balaban J connectivity index is 0.000000195. The van der Waals surface area contributed by atoms with Crippen molar-refractivity contribution >= 4 is 98.5 Å². The first kappa shape index (κ1) is 72.7. The van der Waals surface area contributed by atoms with E-state index in [1.54, 1.807) is 28.4 Å². The van der Waals surface area contributed by atoms with E-state index in [0.717, 1.165) is 69.1 Å². The third-order valence-electron chi connectivity index (χ3n) is 14.5. The van der Waals surface area contributed by atoms with E-state index in [1.807, 2.05) is 138 Å². The van der Waals surface area contributed by atoms with Crippen molar-refractivity contribution in [3.8, 4) is 11.9 Å². The maximum atomic E-state index is 13.2. The number of ketones is 1. The topological polar surface area (TPSA) is 298 Å². The van der Waals surface area contributed by atoms with E-state index in [0.29, 0.717) is 67.5 Å². The molecule has 94 heavy (non-hydrogen) atoms. The molecule has 0 spiro atoms. The minimum Gasteiger partial charge on any atom is -0.476 e. The predicted molar refractivity (Wildman–Crippen MR) is 372 cm³/mol. The fourth-order valence-electron chi connectivity index (χ4n) is 9.23. The lowest BCUT2D eigenvalue weighted by molar-refractivity contribution is -0.137. The predicted octanol–water partition coefficient (Wildman–Crippen LogP) is 11.7. The molecule has 10 rings (SSSR count). The molecular formula is C66H87ClN14O10Si3. The SMILES string of the molecule is CCOC(=O)c1cc(C)[nH]n1.C[Si](C)(C)CCOCn1c(Cl)nc2ccccc21.Cc1cc(C(=O)N[C@@H](Cc2ccccc2)C(=O)C(N)=O)nn1-c1nc2ccccc2n1COCC[Si](C)(C)C.Cc1cc(C(=O)O)nn1-c1nc2ccccc2n1COCC[Si](C)(C)C. The van der Waals surface area contributed by atoms with Crippen molar-refractivity contribution in [2.75, 3.05) is 26.4 Å². The fraction of sp³-hybridized carbons (Fsp3) is 0.379. The number of carboxylic acid groups (broad SMARTS) is 1. The van der Waals surface area contributed by atoms with Gasteiger partial charge in [0.15, 0.2) is 17.1 Å². The largest absolute Gasteiger partial charge is 0.476 e. The second kappa shape index (κ2) is 32.9. The molecule has 500 valence electrons. The number of carboxylic acids is 1. The molecule has 4 aromatic carbocycles. The number of hydrogen-bond donors (Lipinski definition) is 4. The second-order valence-electron chi connectivity index (χ2n) is 26.1. The summed E-state index contributed by atoms with van der Waals surface area (Å²) < 4.78 is 31.3. The number of hydrogen-bond acceptors (Lipinski definition) is 15. The van der Waals surface area contributed by atoms with Crippen LogP contribution in [0.25, 0.3) is 45.0 Å².